The molecule has 16 heavy (non-hydrogen) atoms. The zero-order valence-corrected chi connectivity index (χ0v) is 9.62. The summed E-state index contributed by atoms with van der Waals surface area (Å²) in [6, 6.07) is 3.98. The fourth-order valence-corrected chi connectivity index (χ4v) is 2.10. The second-order valence-corrected chi connectivity index (χ2v) is 4.55. The third-order valence-electron chi connectivity index (χ3n) is 2.96. The first-order valence-electron chi connectivity index (χ1n) is 5.81. The van der Waals surface area contributed by atoms with E-state index in [9.17, 15) is 0 Å². The molecule has 3 heteroatoms. The van der Waals surface area contributed by atoms with Crippen molar-refractivity contribution in [1.82, 2.24) is 4.98 Å². The van der Waals surface area contributed by atoms with Crippen molar-refractivity contribution in [2.75, 3.05) is 6.61 Å². The van der Waals surface area contributed by atoms with Gasteiger partial charge in [0.25, 0.3) is 0 Å². The van der Waals surface area contributed by atoms with Gasteiger partial charge in [-0.25, -0.2) is 4.98 Å². The quantitative estimate of drug-likeness (QED) is 0.735. The summed E-state index contributed by atoms with van der Waals surface area (Å²) in [6.45, 7) is 4.99. The molecule has 0 aliphatic carbocycles. The van der Waals surface area contributed by atoms with E-state index >= 15 is 0 Å². The molecular weight excluding hydrogens is 202 g/mol. The molecule has 84 valence electrons. The predicted molar refractivity (Wildman–Crippen MR) is 61.9 cm³/mol. The van der Waals surface area contributed by atoms with Crippen LogP contribution in [-0.2, 0) is 6.42 Å². The molecule has 0 unspecified atom stereocenters. The number of ether oxygens (including phenoxy) is 1. The van der Waals surface area contributed by atoms with Crippen molar-refractivity contribution >= 4 is 11.1 Å². The number of hydrogen-bond donors (Lipinski definition) is 0. The second-order valence-electron chi connectivity index (χ2n) is 4.55. The van der Waals surface area contributed by atoms with Gasteiger partial charge in [-0.05, 0) is 25.0 Å². The molecule has 0 bridgehead atoms. The second kappa shape index (κ2) is 3.51. The molecule has 0 atom stereocenters. The van der Waals surface area contributed by atoms with Crippen LogP contribution in [0.1, 0.15) is 37.6 Å². The van der Waals surface area contributed by atoms with Crippen LogP contribution in [0.4, 0.5) is 0 Å². The Morgan fingerprint density at radius 1 is 1.31 bits per heavy atom. The van der Waals surface area contributed by atoms with E-state index in [-0.39, 0.29) is 0 Å². The van der Waals surface area contributed by atoms with Gasteiger partial charge in [0.15, 0.2) is 11.5 Å². The lowest BCUT2D eigenvalue weighted by Crippen LogP contribution is -2.08. The van der Waals surface area contributed by atoms with Gasteiger partial charge in [-0.2, -0.15) is 0 Å². The van der Waals surface area contributed by atoms with Crippen molar-refractivity contribution in [2.45, 2.75) is 32.6 Å². The Labute approximate surface area is 94.4 Å². The highest BCUT2D eigenvalue weighted by atomic mass is 16.5. The lowest BCUT2D eigenvalue weighted by atomic mass is 10.1. The van der Waals surface area contributed by atoms with Gasteiger partial charge in [0, 0.05) is 11.5 Å². The van der Waals surface area contributed by atoms with Crippen LogP contribution in [0.25, 0.3) is 11.1 Å². The monoisotopic (exact) mass is 217 g/mol. The first kappa shape index (κ1) is 9.70. The molecular formula is C13H15NO2. The van der Waals surface area contributed by atoms with Crippen LogP contribution in [0.2, 0.25) is 0 Å². The number of oxazole rings is 1. The molecule has 0 radical (unpaired) electrons. The van der Waals surface area contributed by atoms with Crippen LogP contribution >= 0.6 is 0 Å². The molecule has 0 fully saturated rings. The average molecular weight is 217 g/mol. The summed E-state index contributed by atoms with van der Waals surface area (Å²) in [6.07, 6.45) is 2.09. The SMILES string of the molecule is CC(C)c1nc2ccc3c(c2o1)CCCO3. The van der Waals surface area contributed by atoms with E-state index in [0.29, 0.717) is 5.92 Å². The molecule has 0 amide bonds. The van der Waals surface area contributed by atoms with Crippen LogP contribution < -0.4 is 4.74 Å². The van der Waals surface area contributed by atoms with Crippen molar-refractivity contribution in [1.29, 1.82) is 0 Å². The van der Waals surface area contributed by atoms with Crippen LogP contribution in [0, 0.1) is 0 Å². The Kier molecular flexibility index (Phi) is 2.13. The number of benzene rings is 1. The lowest BCUT2D eigenvalue weighted by Gasteiger charge is -2.16. The highest BCUT2D eigenvalue weighted by Gasteiger charge is 2.18. The number of nitrogens with zero attached hydrogens (tertiary/aromatic N) is 1. The standard InChI is InChI=1S/C13H15NO2/c1-8(2)13-14-10-5-6-11-9(12(10)16-13)4-3-7-15-11/h5-6,8H,3-4,7H2,1-2H3. The number of aromatic nitrogens is 1. The number of rotatable bonds is 1. The molecule has 0 saturated carbocycles. The lowest BCUT2D eigenvalue weighted by molar-refractivity contribution is 0.288. The third kappa shape index (κ3) is 1.39. The van der Waals surface area contributed by atoms with E-state index < -0.39 is 0 Å². The van der Waals surface area contributed by atoms with Crippen molar-refractivity contribution in [2.24, 2.45) is 0 Å². The van der Waals surface area contributed by atoms with Crippen molar-refractivity contribution in [3.8, 4) is 5.75 Å². The Bertz CT molecular complexity index is 528. The molecule has 3 rings (SSSR count). The van der Waals surface area contributed by atoms with E-state index in [2.05, 4.69) is 18.8 Å². The van der Waals surface area contributed by atoms with Gasteiger partial charge >= 0.3 is 0 Å². The van der Waals surface area contributed by atoms with Gasteiger partial charge < -0.3 is 9.15 Å². The van der Waals surface area contributed by atoms with Gasteiger partial charge in [0.2, 0.25) is 0 Å². The predicted octanol–water partition coefficient (Wildman–Crippen LogP) is 3.28. The maximum Gasteiger partial charge on any atom is 0.198 e. The minimum atomic E-state index is 0.326. The van der Waals surface area contributed by atoms with E-state index in [1.54, 1.807) is 0 Å². The fraction of sp³-hybridized carbons (Fsp3) is 0.462. The molecule has 1 aromatic heterocycles. The third-order valence-corrected chi connectivity index (χ3v) is 2.96. The summed E-state index contributed by atoms with van der Waals surface area (Å²) in [4.78, 5) is 4.50. The van der Waals surface area contributed by atoms with E-state index in [4.69, 9.17) is 9.15 Å². The van der Waals surface area contributed by atoms with Gasteiger partial charge in [0.1, 0.15) is 11.3 Å². The molecule has 0 saturated heterocycles. The van der Waals surface area contributed by atoms with Crippen LogP contribution in [0.15, 0.2) is 16.5 Å². The Hall–Kier alpha value is -1.51. The molecule has 1 aliphatic heterocycles. The summed E-state index contributed by atoms with van der Waals surface area (Å²) >= 11 is 0. The molecule has 3 nitrogen and oxygen atoms in total. The number of aryl methyl sites for hydroxylation is 1. The molecule has 1 aliphatic rings. The fourth-order valence-electron chi connectivity index (χ4n) is 2.10. The first-order chi connectivity index (χ1) is 7.75. The van der Waals surface area contributed by atoms with E-state index in [1.807, 2.05) is 12.1 Å². The van der Waals surface area contributed by atoms with Gasteiger partial charge in [-0.1, -0.05) is 13.8 Å². The zero-order chi connectivity index (χ0) is 11.1. The van der Waals surface area contributed by atoms with Crippen LogP contribution in [-0.4, -0.2) is 11.6 Å². The number of hydrogen-bond acceptors (Lipinski definition) is 3. The maximum atomic E-state index is 5.84. The largest absolute Gasteiger partial charge is 0.493 e. The summed E-state index contributed by atoms with van der Waals surface area (Å²) < 4.78 is 11.5. The zero-order valence-electron chi connectivity index (χ0n) is 9.62. The highest BCUT2D eigenvalue weighted by molar-refractivity contribution is 5.79. The average Bonchev–Trinajstić information content (AvgIpc) is 2.73. The minimum Gasteiger partial charge on any atom is -0.493 e. The van der Waals surface area contributed by atoms with Gasteiger partial charge in [-0.15, -0.1) is 0 Å². The van der Waals surface area contributed by atoms with Crippen molar-refractivity contribution < 1.29 is 9.15 Å². The Balaban J connectivity index is 2.22. The van der Waals surface area contributed by atoms with Crippen LogP contribution in [0.3, 0.4) is 0 Å². The highest BCUT2D eigenvalue weighted by Crippen LogP contribution is 2.33. The number of fused-ring (bicyclic) bond motifs is 3. The van der Waals surface area contributed by atoms with E-state index in [1.165, 1.54) is 5.56 Å². The van der Waals surface area contributed by atoms with E-state index in [0.717, 1.165) is 42.2 Å². The van der Waals surface area contributed by atoms with Crippen molar-refractivity contribution in [3.05, 3.63) is 23.6 Å². The Morgan fingerprint density at radius 2 is 2.19 bits per heavy atom. The minimum absolute atomic E-state index is 0.326. The summed E-state index contributed by atoms with van der Waals surface area (Å²) in [5.41, 5.74) is 3.05. The smallest absolute Gasteiger partial charge is 0.198 e. The summed E-state index contributed by atoms with van der Waals surface area (Å²) in [5, 5.41) is 0. The maximum absolute atomic E-state index is 5.84. The molecule has 2 aromatic rings. The topological polar surface area (TPSA) is 35.3 Å². The van der Waals surface area contributed by atoms with Crippen LogP contribution in [0.5, 0.6) is 5.75 Å². The summed E-state index contributed by atoms with van der Waals surface area (Å²) in [5.74, 6) is 2.10. The van der Waals surface area contributed by atoms with Crippen molar-refractivity contribution in [3.63, 3.8) is 0 Å². The normalized spacial score (nSPS) is 15.2. The first-order valence-corrected chi connectivity index (χ1v) is 5.81. The molecule has 2 heterocycles. The molecule has 0 spiro atoms. The van der Waals surface area contributed by atoms with Gasteiger partial charge in [0.05, 0.1) is 6.61 Å². The van der Waals surface area contributed by atoms with Gasteiger partial charge in [-0.3, -0.25) is 0 Å². The molecule has 1 aromatic carbocycles. The molecule has 0 N–H and O–H groups in total. The summed E-state index contributed by atoms with van der Waals surface area (Å²) in [7, 11) is 0. The Morgan fingerprint density at radius 3 is 3.00 bits per heavy atom.